The number of nitrogen functional groups attached to an aromatic ring is 1. The first kappa shape index (κ1) is 12.9. The Labute approximate surface area is 105 Å². The predicted molar refractivity (Wildman–Crippen MR) is 59.4 cm³/mol. The third-order valence-electron chi connectivity index (χ3n) is 2.21. The van der Waals surface area contributed by atoms with Crippen molar-refractivity contribution < 1.29 is 22.7 Å². The van der Waals surface area contributed by atoms with Crippen LogP contribution in [0.25, 0.3) is 0 Å². The highest BCUT2D eigenvalue weighted by molar-refractivity contribution is 5.89. The Balaban J connectivity index is 2.27. The Hall–Kier alpha value is -2.51. The molecule has 0 bridgehead atoms. The Morgan fingerprint density at radius 2 is 2.00 bits per heavy atom. The summed E-state index contributed by atoms with van der Waals surface area (Å²) in [6, 6.07) is 5.58. The first-order chi connectivity index (χ1) is 8.88. The molecule has 1 heterocycles. The van der Waals surface area contributed by atoms with Gasteiger partial charge >= 0.3 is 12.1 Å². The number of para-hydroxylation sites is 1. The van der Waals surface area contributed by atoms with Crippen LogP contribution in [0, 0.1) is 0 Å². The van der Waals surface area contributed by atoms with E-state index in [4.69, 9.17) is 5.73 Å². The molecule has 2 aromatic rings. The average Bonchev–Trinajstić information content (AvgIpc) is 2.75. The third-order valence-corrected chi connectivity index (χ3v) is 2.21. The van der Waals surface area contributed by atoms with Gasteiger partial charge < -0.3 is 10.5 Å². The van der Waals surface area contributed by atoms with E-state index in [9.17, 15) is 18.0 Å². The summed E-state index contributed by atoms with van der Waals surface area (Å²) in [6.45, 7) is 0. The number of carbonyl (C=O) groups is 1. The van der Waals surface area contributed by atoms with Gasteiger partial charge in [0.1, 0.15) is 17.3 Å². The topological polar surface area (TPSA) is 81.0 Å². The number of anilines is 1. The van der Waals surface area contributed by atoms with E-state index in [0.29, 0.717) is 0 Å². The van der Waals surface area contributed by atoms with Crippen LogP contribution in [0.2, 0.25) is 0 Å². The monoisotopic (exact) mass is 271 g/mol. The smallest absolute Gasteiger partial charge is 0.419 e. The van der Waals surface area contributed by atoms with Crippen LogP contribution in [0.3, 0.4) is 0 Å². The number of nitrogens with zero attached hydrogens (tertiary/aromatic N) is 1. The fourth-order valence-corrected chi connectivity index (χ4v) is 1.39. The number of aromatic nitrogens is 2. The van der Waals surface area contributed by atoms with Crippen LogP contribution in [-0.4, -0.2) is 16.2 Å². The second-order valence-corrected chi connectivity index (χ2v) is 3.59. The van der Waals surface area contributed by atoms with E-state index >= 15 is 0 Å². The summed E-state index contributed by atoms with van der Waals surface area (Å²) in [4.78, 5) is 11.6. The maximum atomic E-state index is 12.7. The molecule has 0 amide bonds. The van der Waals surface area contributed by atoms with Crippen molar-refractivity contribution in [2.45, 2.75) is 6.18 Å². The Morgan fingerprint density at radius 3 is 2.58 bits per heavy atom. The lowest BCUT2D eigenvalue weighted by Crippen LogP contribution is -2.14. The van der Waals surface area contributed by atoms with Gasteiger partial charge in [-0.2, -0.15) is 18.3 Å². The minimum absolute atomic E-state index is 0.0380. The molecule has 1 aromatic carbocycles. The van der Waals surface area contributed by atoms with Crippen LogP contribution in [0.15, 0.2) is 30.3 Å². The number of nitrogens with one attached hydrogen (secondary N) is 1. The van der Waals surface area contributed by atoms with Crippen LogP contribution in [0.5, 0.6) is 5.75 Å². The fraction of sp³-hybridized carbons (Fsp3) is 0.0909. The van der Waals surface area contributed by atoms with Gasteiger partial charge in [0.2, 0.25) is 0 Å². The summed E-state index contributed by atoms with van der Waals surface area (Å²) in [5, 5.41) is 5.73. The molecule has 0 aliphatic rings. The number of rotatable bonds is 2. The van der Waals surface area contributed by atoms with Crippen molar-refractivity contribution in [2.24, 2.45) is 0 Å². The van der Waals surface area contributed by atoms with E-state index in [1.165, 1.54) is 18.2 Å². The molecule has 0 aliphatic heterocycles. The highest BCUT2D eigenvalue weighted by atomic mass is 19.4. The molecule has 0 saturated carbocycles. The average molecular weight is 271 g/mol. The number of H-pyrrole nitrogens is 1. The van der Waals surface area contributed by atoms with E-state index in [1.54, 1.807) is 0 Å². The number of carbonyl (C=O) groups excluding carboxylic acids is 1. The van der Waals surface area contributed by atoms with Crippen LogP contribution in [0.4, 0.5) is 19.0 Å². The van der Waals surface area contributed by atoms with Gasteiger partial charge in [0.25, 0.3) is 0 Å². The van der Waals surface area contributed by atoms with Crippen LogP contribution < -0.4 is 10.5 Å². The third kappa shape index (κ3) is 2.84. The SMILES string of the molecule is Nc1cc(C(=O)Oc2ccccc2C(F)(F)F)[nH]n1. The highest BCUT2D eigenvalue weighted by Crippen LogP contribution is 2.36. The Bertz CT molecular complexity index is 607. The maximum Gasteiger partial charge on any atom is 0.419 e. The number of alkyl halides is 3. The molecule has 0 atom stereocenters. The van der Waals surface area contributed by atoms with Crippen LogP contribution in [-0.2, 0) is 6.18 Å². The molecule has 0 aliphatic carbocycles. The molecular weight excluding hydrogens is 263 g/mol. The summed E-state index contributed by atoms with van der Waals surface area (Å²) in [7, 11) is 0. The number of aromatic amines is 1. The van der Waals surface area contributed by atoms with Gasteiger partial charge in [0.15, 0.2) is 0 Å². The molecule has 2 rings (SSSR count). The van der Waals surface area contributed by atoms with Crippen molar-refractivity contribution in [2.75, 3.05) is 5.73 Å². The molecule has 1 aromatic heterocycles. The minimum Gasteiger partial charge on any atom is -0.421 e. The minimum atomic E-state index is -4.61. The van der Waals surface area contributed by atoms with Gasteiger partial charge in [0.05, 0.1) is 5.56 Å². The lowest BCUT2D eigenvalue weighted by atomic mass is 10.2. The van der Waals surface area contributed by atoms with Gasteiger partial charge in [0, 0.05) is 6.07 Å². The molecule has 3 N–H and O–H groups in total. The zero-order valence-electron chi connectivity index (χ0n) is 9.36. The van der Waals surface area contributed by atoms with Crippen molar-refractivity contribution in [1.82, 2.24) is 10.2 Å². The van der Waals surface area contributed by atoms with Gasteiger partial charge in [-0.05, 0) is 12.1 Å². The van der Waals surface area contributed by atoms with Crippen LogP contribution >= 0.6 is 0 Å². The Kier molecular flexibility index (Phi) is 3.16. The predicted octanol–water partition coefficient (Wildman–Crippen LogP) is 2.23. The second kappa shape index (κ2) is 4.63. The normalized spacial score (nSPS) is 11.3. The largest absolute Gasteiger partial charge is 0.421 e. The Morgan fingerprint density at radius 1 is 1.32 bits per heavy atom. The summed E-state index contributed by atoms with van der Waals surface area (Å²) < 4.78 is 42.7. The zero-order valence-corrected chi connectivity index (χ0v) is 9.36. The molecule has 0 saturated heterocycles. The van der Waals surface area contributed by atoms with Gasteiger partial charge in [-0.1, -0.05) is 12.1 Å². The molecule has 5 nitrogen and oxygen atoms in total. The van der Waals surface area contributed by atoms with E-state index < -0.39 is 23.5 Å². The van der Waals surface area contributed by atoms with Crippen molar-refractivity contribution in [3.05, 3.63) is 41.6 Å². The molecule has 0 radical (unpaired) electrons. The number of nitrogens with two attached hydrogens (primary N) is 1. The first-order valence-corrected chi connectivity index (χ1v) is 5.07. The number of benzene rings is 1. The van der Waals surface area contributed by atoms with E-state index in [2.05, 4.69) is 14.9 Å². The molecule has 19 heavy (non-hydrogen) atoms. The second-order valence-electron chi connectivity index (χ2n) is 3.59. The summed E-state index contributed by atoms with van der Waals surface area (Å²) >= 11 is 0. The standard InChI is InChI=1S/C11H8F3N3O2/c12-11(13,14)6-3-1-2-4-8(6)19-10(18)7-5-9(15)17-16-7/h1-5H,(H3,15,16,17). The number of hydrogen-bond acceptors (Lipinski definition) is 4. The van der Waals surface area contributed by atoms with Gasteiger partial charge in [-0.25, -0.2) is 4.79 Å². The molecule has 0 fully saturated rings. The van der Waals surface area contributed by atoms with E-state index in [0.717, 1.165) is 12.1 Å². The summed E-state index contributed by atoms with van der Waals surface area (Å²) in [5.74, 6) is -1.54. The molecule has 8 heteroatoms. The lowest BCUT2D eigenvalue weighted by molar-refractivity contribution is -0.138. The number of ether oxygens (including phenoxy) is 1. The van der Waals surface area contributed by atoms with E-state index in [1.807, 2.05) is 0 Å². The maximum absolute atomic E-state index is 12.7. The highest BCUT2D eigenvalue weighted by Gasteiger charge is 2.34. The molecular formula is C11H8F3N3O2. The van der Waals surface area contributed by atoms with Crippen molar-refractivity contribution in [3.63, 3.8) is 0 Å². The fourth-order valence-electron chi connectivity index (χ4n) is 1.39. The first-order valence-electron chi connectivity index (χ1n) is 5.07. The van der Waals surface area contributed by atoms with Crippen molar-refractivity contribution >= 4 is 11.8 Å². The summed E-state index contributed by atoms with van der Waals surface area (Å²) in [6.07, 6.45) is -4.61. The molecule has 0 unspecified atom stereocenters. The molecule has 100 valence electrons. The van der Waals surface area contributed by atoms with Crippen molar-refractivity contribution in [1.29, 1.82) is 0 Å². The number of halogens is 3. The molecule has 0 spiro atoms. The van der Waals surface area contributed by atoms with Crippen LogP contribution in [0.1, 0.15) is 16.1 Å². The number of esters is 1. The summed E-state index contributed by atoms with van der Waals surface area (Å²) in [5.41, 5.74) is 4.12. The quantitative estimate of drug-likeness (QED) is 0.648. The van der Waals surface area contributed by atoms with Crippen molar-refractivity contribution in [3.8, 4) is 5.75 Å². The van der Waals surface area contributed by atoms with Gasteiger partial charge in [-0.3, -0.25) is 5.10 Å². The van der Waals surface area contributed by atoms with E-state index in [-0.39, 0.29) is 11.5 Å². The zero-order chi connectivity index (χ0) is 14.0. The lowest BCUT2D eigenvalue weighted by Gasteiger charge is -2.11. The van der Waals surface area contributed by atoms with Gasteiger partial charge in [-0.15, -0.1) is 0 Å². The number of hydrogen-bond donors (Lipinski definition) is 2.